The predicted molar refractivity (Wildman–Crippen MR) is 123 cm³/mol. The van der Waals surface area contributed by atoms with Crippen molar-refractivity contribution in [3.63, 3.8) is 0 Å². The van der Waals surface area contributed by atoms with E-state index >= 15 is 0 Å². The van der Waals surface area contributed by atoms with Crippen LogP contribution in [0.15, 0.2) is 39.1 Å². The maximum atomic E-state index is 13.7. The van der Waals surface area contributed by atoms with Gasteiger partial charge in [0.1, 0.15) is 32.1 Å². The summed E-state index contributed by atoms with van der Waals surface area (Å²) in [4.78, 5) is 35.1. The number of fused-ring (bicyclic) bond motifs is 2. The number of carbonyl (C=O) groups excluding carboxylic acids is 2. The highest BCUT2D eigenvalue weighted by molar-refractivity contribution is 7.86. The normalized spacial score (nSPS) is 19.2. The second-order valence-corrected chi connectivity index (χ2v) is 9.92. The van der Waals surface area contributed by atoms with Crippen molar-refractivity contribution >= 4 is 39.3 Å². The van der Waals surface area contributed by atoms with Crippen LogP contribution in [0.4, 0.5) is 5.69 Å². The van der Waals surface area contributed by atoms with E-state index in [1.807, 2.05) is 0 Å². The van der Waals surface area contributed by atoms with E-state index in [4.69, 9.17) is 11.5 Å². The molecule has 2 aromatic carbocycles. The lowest BCUT2D eigenvalue weighted by Gasteiger charge is -2.46. The summed E-state index contributed by atoms with van der Waals surface area (Å²) in [5.41, 5.74) is 8.90. The molecule has 1 saturated carbocycles. The largest absolute Gasteiger partial charge is 0.744 e. The maximum Gasteiger partial charge on any atom is 0.220 e. The highest BCUT2D eigenvalue weighted by Gasteiger charge is 2.48. The third-order valence-electron chi connectivity index (χ3n) is 6.57. The Labute approximate surface area is 199 Å². The number of anilines is 1. The third-order valence-corrected chi connectivity index (χ3v) is 7.46. The fourth-order valence-corrected chi connectivity index (χ4v) is 5.85. The van der Waals surface area contributed by atoms with Crippen molar-refractivity contribution in [2.45, 2.75) is 42.7 Å². The van der Waals surface area contributed by atoms with Crippen LogP contribution in [0.1, 0.15) is 63.9 Å². The van der Waals surface area contributed by atoms with Gasteiger partial charge in [-0.1, -0.05) is 30.7 Å². The zero-order valence-corrected chi connectivity index (χ0v) is 19.0. The Hall–Kier alpha value is -3.97. The van der Waals surface area contributed by atoms with Gasteiger partial charge in [-0.15, -0.1) is 0 Å². The molecule has 6 N–H and O–H groups in total. The molecule has 3 aliphatic rings. The standard InChI is InChI=1S/C22H21N5O7S/c23-20-25-21(24)27(22(26-20)8-4-1-5-9-22)14-12-13(17(30)19(18(14)31)35(32,33)34)16(29)11-7-3-2-6-10(11)15(12)28/h2-3,6-7,30-31H,1,4-5,8-9H2,(H,32,33,34)(H4,23,24,25,26)/p-1. The zero-order valence-electron chi connectivity index (χ0n) is 18.2. The molecular formula is C22H20N5O7S-. The van der Waals surface area contributed by atoms with Crippen molar-refractivity contribution in [2.75, 3.05) is 4.90 Å². The average Bonchev–Trinajstić information content (AvgIpc) is 2.78. The zero-order chi connectivity index (χ0) is 25.3. The van der Waals surface area contributed by atoms with Gasteiger partial charge in [-0.25, -0.2) is 13.4 Å². The van der Waals surface area contributed by atoms with Crippen LogP contribution in [-0.4, -0.2) is 52.3 Å². The number of aliphatic imine (C=N–C) groups is 2. The van der Waals surface area contributed by atoms with Gasteiger partial charge in [-0.05, 0) is 25.7 Å². The number of rotatable bonds is 2. The first-order chi connectivity index (χ1) is 16.5. The summed E-state index contributed by atoms with van der Waals surface area (Å²) < 4.78 is 36.4. The summed E-state index contributed by atoms with van der Waals surface area (Å²) in [5.74, 6) is -4.69. The lowest BCUT2D eigenvalue weighted by molar-refractivity contribution is 0.0976. The summed E-state index contributed by atoms with van der Waals surface area (Å²) in [7, 11) is -5.53. The summed E-state index contributed by atoms with van der Waals surface area (Å²) in [6.07, 6.45) is 2.86. The third kappa shape index (κ3) is 3.19. The number of hydrogen-bond donors (Lipinski definition) is 4. The molecule has 182 valence electrons. The van der Waals surface area contributed by atoms with E-state index in [0.29, 0.717) is 25.7 Å². The van der Waals surface area contributed by atoms with Gasteiger partial charge in [-0.2, -0.15) is 4.99 Å². The topological polar surface area (TPSA) is 212 Å². The second-order valence-electron chi connectivity index (χ2n) is 8.60. The number of phenolic OH excluding ortho intramolecular Hbond substituents is 2. The van der Waals surface area contributed by atoms with Crippen LogP contribution in [0.25, 0.3) is 0 Å². The van der Waals surface area contributed by atoms with E-state index in [1.165, 1.54) is 24.3 Å². The number of carbonyl (C=O) groups is 2. The molecular weight excluding hydrogens is 478 g/mol. The molecule has 1 spiro atoms. The molecule has 1 aliphatic heterocycles. The number of hydrogen-bond acceptors (Lipinski definition) is 12. The molecule has 0 atom stereocenters. The fraction of sp³-hybridized carbons (Fsp3) is 0.273. The molecule has 0 unspecified atom stereocenters. The van der Waals surface area contributed by atoms with Crippen LogP contribution in [0.2, 0.25) is 0 Å². The Balaban J connectivity index is 1.93. The van der Waals surface area contributed by atoms with Crippen LogP contribution in [0, 0.1) is 0 Å². The smallest absolute Gasteiger partial charge is 0.220 e. The van der Waals surface area contributed by atoms with E-state index in [0.717, 1.165) is 11.3 Å². The lowest BCUT2D eigenvalue weighted by atomic mass is 9.80. The van der Waals surface area contributed by atoms with E-state index in [9.17, 15) is 32.8 Å². The van der Waals surface area contributed by atoms with Gasteiger partial charge in [-0.3, -0.25) is 14.5 Å². The van der Waals surface area contributed by atoms with Gasteiger partial charge in [0.2, 0.25) is 11.9 Å². The van der Waals surface area contributed by atoms with E-state index in [2.05, 4.69) is 9.98 Å². The van der Waals surface area contributed by atoms with Gasteiger partial charge < -0.3 is 26.2 Å². The van der Waals surface area contributed by atoms with Crippen LogP contribution < -0.4 is 16.4 Å². The SMILES string of the molecule is NC1=NC2(CCCCC2)N(c2c(O)c(S(=O)(=O)[O-])c(O)c3c2C(=O)c2ccccc2C3=O)C(N)=N1. The molecule has 2 aliphatic carbocycles. The monoisotopic (exact) mass is 498 g/mol. The number of ketones is 2. The molecule has 0 saturated heterocycles. The number of nitrogens with zero attached hydrogens (tertiary/aromatic N) is 3. The maximum absolute atomic E-state index is 13.7. The van der Waals surface area contributed by atoms with Gasteiger partial charge in [0.25, 0.3) is 0 Å². The van der Waals surface area contributed by atoms with Crippen molar-refractivity contribution in [1.82, 2.24) is 0 Å². The molecule has 12 nitrogen and oxygen atoms in total. The molecule has 0 radical (unpaired) electrons. The molecule has 35 heavy (non-hydrogen) atoms. The van der Waals surface area contributed by atoms with Crippen molar-refractivity contribution in [3.05, 3.63) is 46.5 Å². The minimum Gasteiger partial charge on any atom is -0.744 e. The number of guanidine groups is 2. The lowest BCUT2D eigenvalue weighted by Crippen LogP contribution is -2.58. The van der Waals surface area contributed by atoms with Gasteiger partial charge in [0.05, 0.1) is 11.1 Å². The number of aromatic hydroxyl groups is 2. The number of phenols is 2. The van der Waals surface area contributed by atoms with Gasteiger partial charge in [0, 0.05) is 11.1 Å². The molecule has 0 bridgehead atoms. The molecule has 2 aromatic rings. The van der Waals surface area contributed by atoms with E-state index in [1.54, 1.807) is 0 Å². The van der Waals surface area contributed by atoms with Crippen molar-refractivity contribution in [1.29, 1.82) is 0 Å². The Morgan fingerprint density at radius 3 is 2.09 bits per heavy atom. The molecule has 13 heteroatoms. The fourth-order valence-electron chi connectivity index (χ4n) is 5.18. The quantitative estimate of drug-likeness (QED) is 0.366. The second kappa shape index (κ2) is 7.52. The highest BCUT2D eigenvalue weighted by Crippen LogP contribution is 2.52. The summed E-state index contributed by atoms with van der Waals surface area (Å²) in [5, 5.41) is 21.9. The Morgan fingerprint density at radius 1 is 0.943 bits per heavy atom. The van der Waals surface area contributed by atoms with Crippen molar-refractivity contribution in [3.8, 4) is 11.5 Å². The van der Waals surface area contributed by atoms with Gasteiger partial charge >= 0.3 is 0 Å². The Bertz CT molecular complexity index is 1490. The van der Waals surface area contributed by atoms with Crippen LogP contribution >= 0.6 is 0 Å². The van der Waals surface area contributed by atoms with Gasteiger partial charge in [0.15, 0.2) is 17.3 Å². The number of nitrogens with two attached hydrogens (primary N) is 2. The summed E-state index contributed by atoms with van der Waals surface area (Å²) in [6.45, 7) is 0. The minimum atomic E-state index is -5.53. The van der Waals surface area contributed by atoms with Crippen LogP contribution in [-0.2, 0) is 10.1 Å². The molecule has 5 rings (SSSR count). The average molecular weight is 498 g/mol. The van der Waals surface area contributed by atoms with E-state index < -0.39 is 60.6 Å². The highest BCUT2D eigenvalue weighted by atomic mass is 32.2. The summed E-state index contributed by atoms with van der Waals surface area (Å²) in [6, 6.07) is 5.73. The van der Waals surface area contributed by atoms with Crippen molar-refractivity contribution < 1.29 is 32.8 Å². The minimum absolute atomic E-state index is 0.0315. The first-order valence-corrected chi connectivity index (χ1v) is 12.1. The predicted octanol–water partition coefficient (Wildman–Crippen LogP) is 0.887. The Kier molecular flexibility index (Phi) is 4.90. The Morgan fingerprint density at radius 2 is 1.51 bits per heavy atom. The molecule has 1 fully saturated rings. The first kappa shape index (κ1) is 22.8. The first-order valence-electron chi connectivity index (χ1n) is 10.7. The molecule has 1 heterocycles. The van der Waals surface area contributed by atoms with E-state index in [-0.39, 0.29) is 23.0 Å². The van der Waals surface area contributed by atoms with Crippen LogP contribution in [0.3, 0.4) is 0 Å². The summed E-state index contributed by atoms with van der Waals surface area (Å²) >= 11 is 0. The molecule has 0 aromatic heterocycles. The van der Waals surface area contributed by atoms with Crippen molar-refractivity contribution in [2.24, 2.45) is 21.5 Å². The molecule has 0 amide bonds. The van der Waals surface area contributed by atoms with Crippen LogP contribution in [0.5, 0.6) is 11.5 Å². The number of benzene rings is 2.